The lowest BCUT2D eigenvalue weighted by Gasteiger charge is -2.32. The first-order valence-corrected chi connectivity index (χ1v) is 6.87. The van der Waals surface area contributed by atoms with E-state index in [9.17, 15) is 4.79 Å². The molecule has 19 heavy (non-hydrogen) atoms. The van der Waals surface area contributed by atoms with Gasteiger partial charge >= 0.3 is 0 Å². The van der Waals surface area contributed by atoms with Gasteiger partial charge in [0.1, 0.15) is 0 Å². The summed E-state index contributed by atoms with van der Waals surface area (Å²) >= 11 is 5.26. The average Bonchev–Trinajstić information content (AvgIpc) is 2.48. The standard InChI is InChI=1S/C14H18N2O2S/c17-10-11-6-8-16(9-7-11)14(19)15-13(18)12-4-2-1-3-5-12/h1-5,11,17H,6-10H2,(H,15,18,19). The van der Waals surface area contributed by atoms with E-state index in [0.29, 0.717) is 16.6 Å². The molecule has 2 N–H and O–H groups in total. The van der Waals surface area contributed by atoms with Crippen molar-refractivity contribution in [2.75, 3.05) is 19.7 Å². The Morgan fingerprint density at radius 1 is 1.32 bits per heavy atom. The highest BCUT2D eigenvalue weighted by Gasteiger charge is 2.21. The number of amides is 1. The van der Waals surface area contributed by atoms with Crippen LogP contribution in [0.5, 0.6) is 0 Å². The number of aliphatic hydroxyl groups is 1. The van der Waals surface area contributed by atoms with Crippen LogP contribution in [0.15, 0.2) is 30.3 Å². The summed E-state index contributed by atoms with van der Waals surface area (Å²) in [6.45, 7) is 1.81. The minimum Gasteiger partial charge on any atom is -0.396 e. The molecule has 1 saturated heterocycles. The zero-order valence-corrected chi connectivity index (χ0v) is 11.5. The fraction of sp³-hybridized carbons (Fsp3) is 0.429. The molecule has 5 heteroatoms. The number of nitrogens with zero attached hydrogens (tertiary/aromatic N) is 1. The van der Waals surface area contributed by atoms with Crippen molar-refractivity contribution in [3.05, 3.63) is 35.9 Å². The predicted molar refractivity (Wildman–Crippen MR) is 77.9 cm³/mol. The lowest BCUT2D eigenvalue weighted by molar-refractivity contribution is 0.0969. The highest BCUT2D eigenvalue weighted by Crippen LogP contribution is 2.16. The molecule has 0 unspecified atom stereocenters. The molecular weight excluding hydrogens is 260 g/mol. The summed E-state index contributed by atoms with van der Waals surface area (Å²) < 4.78 is 0. The fourth-order valence-electron chi connectivity index (χ4n) is 2.16. The first kappa shape index (κ1) is 14.0. The number of hydrogen-bond donors (Lipinski definition) is 2. The zero-order chi connectivity index (χ0) is 13.7. The SMILES string of the molecule is O=C(NC(=S)N1CCC(CO)CC1)c1ccccc1. The quantitative estimate of drug-likeness (QED) is 0.803. The van der Waals surface area contributed by atoms with Crippen LogP contribution in [-0.2, 0) is 0 Å². The Morgan fingerprint density at radius 3 is 2.53 bits per heavy atom. The van der Waals surface area contributed by atoms with Gasteiger partial charge in [-0.15, -0.1) is 0 Å². The van der Waals surface area contributed by atoms with Gasteiger partial charge in [-0.2, -0.15) is 0 Å². The molecule has 1 amide bonds. The number of likely N-dealkylation sites (tertiary alicyclic amines) is 1. The second kappa shape index (κ2) is 6.63. The summed E-state index contributed by atoms with van der Waals surface area (Å²) in [7, 11) is 0. The maximum absolute atomic E-state index is 12.0. The molecule has 1 aliphatic rings. The first-order chi connectivity index (χ1) is 9.20. The van der Waals surface area contributed by atoms with Crippen molar-refractivity contribution < 1.29 is 9.90 Å². The molecule has 0 radical (unpaired) electrons. The number of nitrogens with one attached hydrogen (secondary N) is 1. The Hall–Kier alpha value is -1.46. The molecule has 1 heterocycles. The number of hydrogen-bond acceptors (Lipinski definition) is 3. The van der Waals surface area contributed by atoms with Gasteiger partial charge < -0.3 is 10.0 Å². The van der Waals surface area contributed by atoms with Crippen LogP contribution in [0.1, 0.15) is 23.2 Å². The Balaban J connectivity index is 1.86. The van der Waals surface area contributed by atoms with Gasteiger partial charge in [-0.05, 0) is 43.1 Å². The molecule has 1 aromatic carbocycles. The second-order valence-corrected chi connectivity index (χ2v) is 5.12. The van der Waals surface area contributed by atoms with E-state index in [1.807, 2.05) is 23.1 Å². The van der Waals surface area contributed by atoms with Crippen LogP contribution in [0.4, 0.5) is 0 Å². The summed E-state index contributed by atoms with van der Waals surface area (Å²) in [4.78, 5) is 13.9. The third-order valence-electron chi connectivity index (χ3n) is 3.42. The van der Waals surface area contributed by atoms with E-state index in [-0.39, 0.29) is 12.5 Å². The number of piperidine rings is 1. The van der Waals surface area contributed by atoms with Gasteiger partial charge in [0.2, 0.25) is 0 Å². The van der Waals surface area contributed by atoms with Crippen LogP contribution in [0.3, 0.4) is 0 Å². The summed E-state index contributed by atoms with van der Waals surface area (Å²) in [6, 6.07) is 9.04. The van der Waals surface area contributed by atoms with Crippen molar-refractivity contribution in [1.82, 2.24) is 10.2 Å². The molecule has 1 aromatic rings. The topological polar surface area (TPSA) is 52.6 Å². The van der Waals surface area contributed by atoms with Gasteiger partial charge in [0.25, 0.3) is 5.91 Å². The van der Waals surface area contributed by atoms with Crippen molar-refractivity contribution in [2.45, 2.75) is 12.8 Å². The fourth-order valence-corrected chi connectivity index (χ4v) is 2.43. The highest BCUT2D eigenvalue weighted by atomic mass is 32.1. The van der Waals surface area contributed by atoms with Crippen LogP contribution in [0.2, 0.25) is 0 Å². The van der Waals surface area contributed by atoms with Gasteiger partial charge in [0.05, 0.1) is 0 Å². The van der Waals surface area contributed by atoms with Crippen molar-refractivity contribution in [1.29, 1.82) is 0 Å². The van der Waals surface area contributed by atoms with Gasteiger partial charge in [-0.3, -0.25) is 10.1 Å². The van der Waals surface area contributed by atoms with Crippen molar-refractivity contribution in [2.24, 2.45) is 5.92 Å². The van der Waals surface area contributed by atoms with Gasteiger partial charge in [0, 0.05) is 25.3 Å². The van der Waals surface area contributed by atoms with Gasteiger partial charge in [0.15, 0.2) is 5.11 Å². The molecule has 0 atom stereocenters. The summed E-state index contributed by atoms with van der Waals surface area (Å²) in [5, 5.41) is 12.3. The lowest BCUT2D eigenvalue weighted by atomic mass is 9.98. The predicted octanol–water partition coefficient (Wildman–Crippen LogP) is 1.41. The Morgan fingerprint density at radius 2 is 1.95 bits per heavy atom. The zero-order valence-electron chi connectivity index (χ0n) is 10.7. The average molecular weight is 278 g/mol. The molecule has 0 spiro atoms. The van der Waals surface area contributed by atoms with Gasteiger partial charge in [-0.1, -0.05) is 18.2 Å². The van der Waals surface area contributed by atoms with E-state index in [0.717, 1.165) is 25.9 Å². The lowest BCUT2D eigenvalue weighted by Crippen LogP contribution is -2.46. The first-order valence-electron chi connectivity index (χ1n) is 6.47. The number of rotatable bonds is 2. The third kappa shape index (κ3) is 3.75. The van der Waals surface area contributed by atoms with Gasteiger partial charge in [-0.25, -0.2) is 0 Å². The molecule has 0 aromatic heterocycles. The molecular formula is C14H18N2O2S. The maximum atomic E-state index is 12.0. The molecule has 0 saturated carbocycles. The highest BCUT2D eigenvalue weighted by molar-refractivity contribution is 7.80. The van der Waals surface area contributed by atoms with Crippen LogP contribution >= 0.6 is 12.2 Å². The molecule has 2 rings (SSSR count). The minimum absolute atomic E-state index is 0.171. The van der Waals surface area contributed by atoms with Crippen molar-refractivity contribution in [3.63, 3.8) is 0 Å². The van der Waals surface area contributed by atoms with Crippen LogP contribution < -0.4 is 5.32 Å². The van der Waals surface area contributed by atoms with E-state index in [2.05, 4.69) is 5.32 Å². The number of aliphatic hydroxyl groups excluding tert-OH is 1. The molecule has 102 valence electrons. The number of carbonyl (C=O) groups excluding carboxylic acids is 1. The summed E-state index contributed by atoms with van der Waals surface area (Å²) in [5.41, 5.74) is 0.607. The summed E-state index contributed by atoms with van der Waals surface area (Å²) in [5.74, 6) is 0.193. The third-order valence-corrected chi connectivity index (χ3v) is 3.78. The molecule has 0 bridgehead atoms. The maximum Gasteiger partial charge on any atom is 0.257 e. The minimum atomic E-state index is -0.171. The van der Waals surface area contributed by atoms with E-state index in [4.69, 9.17) is 17.3 Å². The Kier molecular flexibility index (Phi) is 4.87. The number of benzene rings is 1. The monoisotopic (exact) mass is 278 g/mol. The summed E-state index contributed by atoms with van der Waals surface area (Å²) in [6.07, 6.45) is 1.83. The largest absolute Gasteiger partial charge is 0.396 e. The molecule has 1 aliphatic heterocycles. The molecule has 4 nitrogen and oxygen atoms in total. The number of thiocarbonyl (C=S) groups is 1. The van der Waals surface area contributed by atoms with E-state index in [1.54, 1.807) is 12.1 Å². The van der Waals surface area contributed by atoms with Crippen LogP contribution in [0, 0.1) is 5.92 Å². The number of carbonyl (C=O) groups is 1. The van der Waals surface area contributed by atoms with Crippen molar-refractivity contribution in [3.8, 4) is 0 Å². The van der Waals surface area contributed by atoms with Crippen LogP contribution in [0.25, 0.3) is 0 Å². The van der Waals surface area contributed by atoms with Crippen molar-refractivity contribution >= 4 is 23.2 Å². The Bertz CT molecular complexity index is 442. The van der Waals surface area contributed by atoms with E-state index >= 15 is 0 Å². The second-order valence-electron chi connectivity index (χ2n) is 4.74. The van der Waals surface area contributed by atoms with E-state index in [1.165, 1.54) is 0 Å². The smallest absolute Gasteiger partial charge is 0.257 e. The normalized spacial score (nSPS) is 16.2. The van der Waals surface area contributed by atoms with E-state index < -0.39 is 0 Å². The Labute approximate surface area is 118 Å². The molecule has 0 aliphatic carbocycles. The molecule has 1 fully saturated rings. The van der Waals surface area contributed by atoms with Crippen LogP contribution in [-0.4, -0.2) is 40.7 Å².